The molecule has 0 heterocycles. The Morgan fingerprint density at radius 3 is 2.65 bits per heavy atom. The molecule has 1 aromatic rings. The van der Waals surface area contributed by atoms with Gasteiger partial charge in [-0.1, -0.05) is 13.0 Å². The molecule has 6 heteroatoms. The van der Waals surface area contributed by atoms with Gasteiger partial charge in [0, 0.05) is 11.8 Å². The monoisotopic (exact) mass is 281 g/mol. The quantitative estimate of drug-likeness (QED) is 0.602. The molecular weight excluding hydrogens is 262 g/mol. The van der Waals surface area contributed by atoms with Crippen molar-refractivity contribution in [1.29, 1.82) is 0 Å². The van der Waals surface area contributed by atoms with Crippen LogP contribution in [0.25, 0.3) is 0 Å². The lowest BCUT2D eigenvalue weighted by Crippen LogP contribution is -2.30. The van der Waals surface area contributed by atoms with E-state index >= 15 is 0 Å². The summed E-state index contributed by atoms with van der Waals surface area (Å²) in [5.74, 6) is -0.717. The molecular formula is C14H19NO5. The van der Waals surface area contributed by atoms with Crippen molar-refractivity contribution >= 4 is 17.6 Å². The van der Waals surface area contributed by atoms with Gasteiger partial charge in [0.15, 0.2) is 12.7 Å². The molecule has 6 nitrogen and oxygen atoms in total. The Kier molecular flexibility index (Phi) is 6.36. The van der Waals surface area contributed by atoms with Gasteiger partial charge in [-0.3, -0.25) is 0 Å². The molecule has 0 aliphatic carbocycles. The van der Waals surface area contributed by atoms with E-state index in [9.17, 15) is 9.59 Å². The number of esters is 2. The minimum absolute atomic E-state index is 0.243. The Labute approximate surface area is 117 Å². The van der Waals surface area contributed by atoms with Gasteiger partial charge in [-0.15, -0.1) is 0 Å². The Bertz CT molecular complexity index is 461. The molecule has 0 radical (unpaired) electrons. The van der Waals surface area contributed by atoms with Crippen LogP contribution in [0.3, 0.4) is 0 Å². The Morgan fingerprint density at radius 2 is 2.05 bits per heavy atom. The number of carbonyl (C=O) groups excluding carboxylic acids is 2. The maximum absolute atomic E-state index is 11.6. The zero-order valence-corrected chi connectivity index (χ0v) is 11.6. The summed E-state index contributed by atoms with van der Waals surface area (Å²) in [5, 5.41) is 0. The molecule has 1 atom stereocenters. The number of carbonyl (C=O) groups is 2. The van der Waals surface area contributed by atoms with Gasteiger partial charge in [-0.25, -0.2) is 9.59 Å². The normalized spacial score (nSPS) is 11.5. The number of rotatable bonds is 7. The predicted molar refractivity (Wildman–Crippen MR) is 73.2 cm³/mol. The first kappa shape index (κ1) is 15.8. The predicted octanol–water partition coefficient (Wildman–Crippen LogP) is 1.53. The van der Waals surface area contributed by atoms with Gasteiger partial charge in [0.05, 0.1) is 6.61 Å². The van der Waals surface area contributed by atoms with Gasteiger partial charge >= 0.3 is 11.9 Å². The van der Waals surface area contributed by atoms with Crippen LogP contribution in [0.1, 0.15) is 20.3 Å². The molecule has 1 aromatic carbocycles. The first-order chi connectivity index (χ1) is 9.56. The van der Waals surface area contributed by atoms with Crippen LogP contribution in [0, 0.1) is 0 Å². The van der Waals surface area contributed by atoms with Crippen LogP contribution in [0.5, 0.6) is 5.75 Å². The molecule has 0 aromatic heterocycles. The molecule has 0 saturated carbocycles. The largest absolute Gasteiger partial charge is 0.482 e. The molecule has 2 N–H and O–H groups in total. The van der Waals surface area contributed by atoms with Gasteiger partial charge in [0.1, 0.15) is 5.75 Å². The van der Waals surface area contributed by atoms with Crippen molar-refractivity contribution < 1.29 is 23.8 Å². The van der Waals surface area contributed by atoms with E-state index in [1.165, 1.54) is 0 Å². The van der Waals surface area contributed by atoms with Crippen molar-refractivity contribution in [3.63, 3.8) is 0 Å². The summed E-state index contributed by atoms with van der Waals surface area (Å²) in [5.41, 5.74) is 6.12. The lowest BCUT2D eigenvalue weighted by molar-refractivity contribution is -0.168. The van der Waals surface area contributed by atoms with Crippen LogP contribution in [-0.2, 0) is 19.1 Å². The summed E-state index contributed by atoms with van der Waals surface area (Å²) >= 11 is 0. The highest BCUT2D eigenvalue weighted by Crippen LogP contribution is 2.14. The number of ether oxygens (including phenoxy) is 3. The topological polar surface area (TPSA) is 87.8 Å². The van der Waals surface area contributed by atoms with E-state index in [-0.39, 0.29) is 13.2 Å². The number of benzene rings is 1. The van der Waals surface area contributed by atoms with Crippen molar-refractivity contribution in [2.75, 3.05) is 18.9 Å². The van der Waals surface area contributed by atoms with Gasteiger partial charge in [0.2, 0.25) is 0 Å². The average molecular weight is 281 g/mol. The second kappa shape index (κ2) is 8.04. The van der Waals surface area contributed by atoms with Crippen molar-refractivity contribution in [3.8, 4) is 5.75 Å². The molecule has 0 bridgehead atoms. The minimum atomic E-state index is -0.896. The number of nitrogens with two attached hydrogens (primary N) is 1. The third-order valence-electron chi connectivity index (χ3n) is 2.41. The highest BCUT2D eigenvalue weighted by Gasteiger charge is 2.22. The fourth-order valence-electron chi connectivity index (χ4n) is 1.47. The van der Waals surface area contributed by atoms with E-state index < -0.39 is 18.0 Å². The SMILES string of the molecule is CCOC(=O)C(CC)OC(=O)COc1cccc(N)c1. The Balaban J connectivity index is 2.44. The molecule has 0 aliphatic rings. The van der Waals surface area contributed by atoms with Crippen LogP contribution < -0.4 is 10.5 Å². The first-order valence-electron chi connectivity index (χ1n) is 6.41. The summed E-state index contributed by atoms with van der Waals surface area (Å²) in [6.07, 6.45) is -0.546. The molecule has 0 saturated heterocycles. The number of anilines is 1. The molecule has 1 unspecified atom stereocenters. The summed E-state index contributed by atoms with van der Waals surface area (Å²) in [6.45, 7) is 3.37. The second-order valence-corrected chi connectivity index (χ2v) is 4.00. The summed E-state index contributed by atoms with van der Waals surface area (Å²) in [4.78, 5) is 23.1. The van der Waals surface area contributed by atoms with Crippen molar-refractivity contribution in [2.45, 2.75) is 26.4 Å². The number of hydrogen-bond donors (Lipinski definition) is 1. The molecule has 0 fully saturated rings. The van der Waals surface area contributed by atoms with Crippen LogP contribution in [0.2, 0.25) is 0 Å². The summed E-state index contributed by atoms with van der Waals surface area (Å²) in [7, 11) is 0. The van der Waals surface area contributed by atoms with Crippen molar-refractivity contribution in [1.82, 2.24) is 0 Å². The van der Waals surface area contributed by atoms with Crippen molar-refractivity contribution in [3.05, 3.63) is 24.3 Å². The fourth-order valence-corrected chi connectivity index (χ4v) is 1.47. The van der Waals surface area contributed by atoms with E-state index in [0.717, 1.165) is 0 Å². The van der Waals surface area contributed by atoms with Crippen molar-refractivity contribution in [2.24, 2.45) is 0 Å². The molecule has 0 amide bonds. The Morgan fingerprint density at radius 1 is 1.30 bits per heavy atom. The maximum Gasteiger partial charge on any atom is 0.347 e. The number of hydrogen-bond acceptors (Lipinski definition) is 6. The zero-order valence-electron chi connectivity index (χ0n) is 11.6. The van der Waals surface area contributed by atoms with Gasteiger partial charge < -0.3 is 19.9 Å². The molecule has 110 valence electrons. The molecule has 0 spiro atoms. The van der Waals surface area contributed by atoms with Crippen LogP contribution >= 0.6 is 0 Å². The summed E-state index contributed by atoms with van der Waals surface area (Å²) in [6, 6.07) is 6.69. The second-order valence-electron chi connectivity index (χ2n) is 4.00. The average Bonchev–Trinajstić information content (AvgIpc) is 2.43. The van der Waals surface area contributed by atoms with E-state index in [4.69, 9.17) is 19.9 Å². The smallest absolute Gasteiger partial charge is 0.347 e. The van der Waals surface area contributed by atoms with E-state index in [1.807, 2.05) is 0 Å². The highest BCUT2D eigenvalue weighted by atomic mass is 16.6. The van der Waals surface area contributed by atoms with E-state index in [0.29, 0.717) is 17.9 Å². The molecule has 0 aliphatic heterocycles. The number of nitrogen functional groups attached to an aromatic ring is 1. The molecule has 20 heavy (non-hydrogen) atoms. The lowest BCUT2D eigenvalue weighted by Gasteiger charge is -2.14. The fraction of sp³-hybridized carbons (Fsp3) is 0.429. The van der Waals surface area contributed by atoms with Gasteiger partial charge in [-0.05, 0) is 25.5 Å². The summed E-state index contributed by atoms with van der Waals surface area (Å²) < 4.78 is 15.0. The molecule has 1 rings (SSSR count). The zero-order chi connectivity index (χ0) is 15.0. The third-order valence-corrected chi connectivity index (χ3v) is 2.41. The van der Waals surface area contributed by atoms with Crippen LogP contribution in [-0.4, -0.2) is 31.3 Å². The lowest BCUT2D eigenvalue weighted by atomic mass is 10.3. The maximum atomic E-state index is 11.6. The van der Waals surface area contributed by atoms with Gasteiger partial charge in [-0.2, -0.15) is 0 Å². The van der Waals surface area contributed by atoms with E-state index in [1.54, 1.807) is 38.1 Å². The Hall–Kier alpha value is -2.24. The van der Waals surface area contributed by atoms with Gasteiger partial charge in [0.25, 0.3) is 0 Å². The standard InChI is InChI=1S/C14H19NO5/c1-3-12(14(17)18-4-2)20-13(16)9-19-11-7-5-6-10(15)8-11/h5-8,12H,3-4,9,15H2,1-2H3. The highest BCUT2D eigenvalue weighted by molar-refractivity contribution is 5.79. The third kappa shape index (κ3) is 5.17. The first-order valence-corrected chi connectivity index (χ1v) is 6.41. The van der Waals surface area contributed by atoms with Crippen LogP contribution in [0.4, 0.5) is 5.69 Å². The van der Waals surface area contributed by atoms with Crippen LogP contribution in [0.15, 0.2) is 24.3 Å². The minimum Gasteiger partial charge on any atom is -0.482 e. The van der Waals surface area contributed by atoms with E-state index in [2.05, 4.69) is 0 Å².